The number of nitrogens with zero attached hydrogens (tertiary/aromatic N) is 1. The monoisotopic (exact) mass is 237 g/mol. The topological polar surface area (TPSA) is 12.9 Å². The van der Waals surface area contributed by atoms with E-state index >= 15 is 0 Å². The Morgan fingerprint density at radius 1 is 1.27 bits per heavy atom. The van der Waals surface area contributed by atoms with E-state index < -0.39 is 0 Å². The molecule has 0 aliphatic carbocycles. The van der Waals surface area contributed by atoms with Crippen molar-refractivity contribution in [3.63, 3.8) is 0 Å². The van der Waals surface area contributed by atoms with Crippen LogP contribution in [0.3, 0.4) is 0 Å². The molecule has 0 radical (unpaired) electrons. The van der Waals surface area contributed by atoms with Crippen LogP contribution >= 0.6 is 22.9 Å². The van der Waals surface area contributed by atoms with E-state index in [4.69, 9.17) is 11.6 Å². The number of rotatable bonds is 3. The van der Waals surface area contributed by atoms with Gasteiger partial charge in [0.15, 0.2) is 0 Å². The first-order valence-electron chi connectivity index (χ1n) is 4.83. The van der Waals surface area contributed by atoms with E-state index in [1.165, 1.54) is 11.1 Å². The van der Waals surface area contributed by atoms with Gasteiger partial charge in [0.2, 0.25) is 0 Å². The normalized spacial score (nSPS) is 10.5. The number of alkyl halides is 1. The third kappa shape index (κ3) is 2.80. The first-order chi connectivity index (χ1) is 7.28. The molecule has 0 saturated heterocycles. The molecule has 0 atom stereocenters. The molecule has 2 aromatic rings. The highest BCUT2D eigenvalue weighted by Gasteiger charge is 2.02. The largest absolute Gasteiger partial charge is 0.245 e. The Morgan fingerprint density at radius 2 is 2.00 bits per heavy atom. The van der Waals surface area contributed by atoms with Gasteiger partial charge in [0.1, 0.15) is 0 Å². The van der Waals surface area contributed by atoms with Crippen molar-refractivity contribution in [2.45, 2.75) is 19.2 Å². The van der Waals surface area contributed by atoms with E-state index in [0.29, 0.717) is 5.88 Å². The van der Waals surface area contributed by atoms with Gasteiger partial charge in [0.25, 0.3) is 0 Å². The highest BCUT2D eigenvalue weighted by molar-refractivity contribution is 7.09. The van der Waals surface area contributed by atoms with Crippen LogP contribution in [-0.4, -0.2) is 4.98 Å². The number of thiazole rings is 1. The molecule has 0 N–H and O–H groups in total. The minimum absolute atomic E-state index is 0.504. The van der Waals surface area contributed by atoms with E-state index in [2.05, 4.69) is 36.2 Å². The number of benzene rings is 1. The molecule has 78 valence electrons. The maximum absolute atomic E-state index is 5.71. The van der Waals surface area contributed by atoms with Crippen LogP contribution in [0.4, 0.5) is 0 Å². The lowest BCUT2D eigenvalue weighted by atomic mass is 10.1. The van der Waals surface area contributed by atoms with Gasteiger partial charge in [0, 0.05) is 11.8 Å². The van der Waals surface area contributed by atoms with Gasteiger partial charge in [-0.2, -0.15) is 0 Å². The predicted molar refractivity (Wildman–Crippen MR) is 65.7 cm³/mol. The molecule has 0 amide bonds. The minimum Gasteiger partial charge on any atom is -0.245 e. The molecule has 0 saturated carbocycles. The van der Waals surface area contributed by atoms with Crippen molar-refractivity contribution in [1.29, 1.82) is 0 Å². The maximum Gasteiger partial charge on any atom is 0.0972 e. The van der Waals surface area contributed by atoms with Crippen molar-refractivity contribution in [2.75, 3.05) is 0 Å². The van der Waals surface area contributed by atoms with Crippen molar-refractivity contribution in [3.05, 3.63) is 51.5 Å². The first kappa shape index (κ1) is 10.7. The number of aromatic nitrogens is 1. The molecule has 1 heterocycles. The van der Waals surface area contributed by atoms with Crippen LogP contribution < -0.4 is 0 Å². The zero-order valence-electron chi connectivity index (χ0n) is 8.53. The van der Waals surface area contributed by atoms with Gasteiger partial charge in [-0.3, -0.25) is 0 Å². The van der Waals surface area contributed by atoms with Crippen molar-refractivity contribution >= 4 is 22.9 Å². The zero-order chi connectivity index (χ0) is 10.7. The third-order valence-electron chi connectivity index (χ3n) is 2.21. The summed E-state index contributed by atoms with van der Waals surface area (Å²) < 4.78 is 0. The zero-order valence-corrected chi connectivity index (χ0v) is 10.1. The highest BCUT2D eigenvalue weighted by atomic mass is 35.5. The summed E-state index contributed by atoms with van der Waals surface area (Å²) in [5.41, 5.74) is 3.57. The number of halogens is 1. The maximum atomic E-state index is 5.71. The molecule has 0 fully saturated rings. The molecule has 0 bridgehead atoms. The lowest BCUT2D eigenvalue weighted by Crippen LogP contribution is -1.88. The fourth-order valence-electron chi connectivity index (χ4n) is 1.37. The van der Waals surface area contributed by atoms with E-state index in [1.807, 2.05) is 5.38 Å². The Morgan fingerprint density at radius 3 is 2.60 bits per heavy atom. The van der Waals surface area contributed by atoms with Gasteiger partial charge in [-0.1, -0.05) is 29.8 Å². The molecule has 3 heteroatoms. The fraction of sp³-hybridized carbons (Fsp3) is 0.250. The van der Waals surface area contributed by atoms with Gasteiger partial charge < -0.3 is 0 Å². The van der Waals surface area contributed by atoms with Crippen LogP contribution in [0.5, 0.6) is 0 Å². The summed E-state index contributed by atoms with van der Waals surface area (Å²) in [5.74, 6) is 0.504. The van der Waals surface area contributed by atoms with Crippen molar-refractivity contribution in [2.24, 2.45) is 0 Å². The lowest BCUT2D eigenvalue weighted by Gasteiger charge is -1.98. The summed E-state index contributed by atoms with van der Waals surface area (Å²) in [4.78, 5) is 4.43. The molecule has 1 aromatic carbocycles. The molecule has 15 heavy (non-hydrogen) atoms. The summed E-state index contributed by atoms with van der Waals surface area (Å²) in [6, 6.07) is 8.56. The second-order valence-electron chi connectivity index (χ2n) is 3.53. The van der Waals surface area contributed by atoms with Crippen LogP contribution in [-0.2, 0) is 12.3 Å². The van der Waals surface area contributed by atoms with Gasteiger partial charge >= 0.3 is 0 Å². The Labute approximate surface area is 98.7 Å². The number of aryl methyl sites for hydroxylation is 1. The average molecular weight is 238 g/mol. The lowest BCUT2D eigenvalue weighted by molar-refractivity contribution is 1.09. The highest BCUT2D eigenvalue weighted by Crippen LogP contribution is 2.16. The molecule has 0 spiro atoms. The SMILES string of the molecule is Cc1ccc(Cc2nc(CCl)cs2)cc1. The van der Waals surface area contributed by atoms with Gasteiger partial charge in [-0.15, -0.1) is 22.9 Å². The van der Waals surface area contributed by atoms with Crippen LogP contribution in [0.1, 0.15) is 21.8 Å². The smallest absolute Gasteiger partial charge is 0.0972 e. The molecular weight excluding hydrogens is 226 g/mol. The molecule has 1 aromatic heterocycles. The summed E-state index contributed by atoms with van der Waals surface area (Å²) in [6.07, 6.45) is 0.905. The summed E-state index contributed by atoms with van der Waals surface area (Å²) in [7, 11) is 0. The van der Waals surface area contributed by atoms with Crippen molar-refractivity contribution < 1.29 is 0 Å². The Bertz CT molecular complexity index is 433. The minimum atomic E-state index is 0.504. The third-order valence-corrected chi connectivity index (χ3v) is 3.38. The van der Waals surface area contributed by atoms with Crippen LogP contribution in [0.2, 0.25) is 0 Å². The number of hydrogen-bond donors (Lipinski definition) is 0. The average Bonchev–Trinajstić information content (AvgIpc) is 2.69. The molecule has 0 unspecified atom stereocenters. The predicted octanol–water partition coefficient (Wildman–Crippen LogP) is 3.78. The molecular formula is C12H12ClNS. The summed E-state index contributed by atoms with van der Waals surface area (Å²) >= 11 is 7.39. The Balaban J connectivity index is 2.11. The molecule has 0 aliphatic heterocycles. The van der Waals surface area contributed by atoms with Crippen LogP contribution in [0.25, 0.3) is 0 Å². The fourth-order valence-corrected chi connectivity index (χ4v) is 2.43. The van der Waals surface area contributed by atoms with Crippen molar-refractivity contribution in [3.8, 4) is 0 Å². The molecule has 2 rings (SSSR count). The van der Waals surface area contributed by atoms with E-state index in [1.54, 1.807) is 11.3 Å². The van der Waals surface area contributed by atoms with Gasteiger partial charge in [-0.05, 0) is 12.5 Å². The second kappa shape index (κ2) is 4.77. The second-order valence-corrected chi connectivity index (χ2v) is 4.74. The molecule has 0 aliphatic rings. The van der Waals surface area contributed by atoms with E-state index in [-0.39, 0.29) is 0 Å². The Hall–Kier alpha value is -0.860. The Kier molecular flexibility index (Phi) is 3.39. The van der Waals surface area contributed by atoms with Crippen molar-refractivity contribution in [1.82, 2.24) is 4.98 Å². The van der Waals surface area contributed by atoms with Gasteiger partial charge in [0.05, 0.1) is 16.6 Å². The number of hydrogen-bond acceptors (Lipinski definition) is 2. The first-order valence-corrected chi connectivity index (χ1v) is 6.24. The van der Waals surface area contributed by atoms with Crippen LogP contribution in [0, 0.1) is 6.92 Å². The van der Waals surface area contributed by atoms with E-state index in [0.717, 1.165) is 17.1 Å². The molecule has 1 nitrogen and oxygen atoms in total. The standard InChI is InChI=1S/C12H12ClNS/c1-9-2-4-10(5-3-9)6-12-14-11(7-13)8-15-12/h2-5,8H,6-7H2,1H3. The summed E-state index contributed by atoms with van der Waals surface area (Å²) in [5, 5.41) is 3.16. The van der Waals surface area contributed by atoms with Gasteiger partial charge in [-0.25, -0.2) is 4.98 Å². The quantitative estimate of drug-likeness (QED) is 0.741. The summed E-state index contributed by atoms with van der Waals surface area (Å²) in [6.45, 7) is 2.10. The van der Waals surface area contributed by atoms with E-state index in [9.17, 15) is 0 Å². The van der Waals surface area contributed by atoms with Crippen LogP contribution in [0.15, 0.2) is 29.6 Å².